The number of hydrogen-bond donors (Lipinski definition) is 4. The number of anilines is 2. The zero-order valence-electron chi connectivity index (χ0n) is 9.19. The monoisotopic (exact) mass is 225 g/mol. The maximum Gasteiger partial charge on any atom is 0.225 e. The molecule has 7 heteroatoms. The van der Waals surface area contributed by atoms with Crippen molar-refractivity contribution in [3.05, 3.63) is 11.8 Å². The van der Waals surface area contributed by atoms with Crippen LogP contribution in [0.5, 0.6) is 0 Å². The van der Waals surface area contributed by atoms with E-state index >= 15 is 0 Å². The fourth-order valence-corrected chi connectivity index (χ4v) is 1.23. The molecule has 1 amide bonds. The second kappa shape index (κ2) is 5.86. The van der Waals surface area contributed by atoms with Crippen molar-refractivity contribution in [3.8, 4) is 0 Å². The lowest BCUT2D eigenvalue weighted by molar-refractivity contribution is -0.109. The first-order valence-corrected chi connectivity index (χ1v) is 4.85. The topological polar surface area (TPSA) is 99.2 Å². The van der Waals surface area contributed by atoms with Gasteiger partial charge in [-0.2, -0.15) is 5.10 Å². The van der Waals surface area contributed by atoms with Gasteiger partial charge in [-0.25, -0.2) is 0 Å². The zero-order chi connectivity index (χ0) is 12.0. The highest BCUT2D eigenvalue weighted by Crippen LogP contribution is 2.16. The smallest absolute Gasteiger partial charge is 0.225 e. The van der Waals surface area contributed by atoms with Gasteiger partial charge in [0.05, 0.1) is 17.5 Å². The molecule has 88 valence electrons. The van der Waals surface area contributed by atoms with Gasteiger partial charge >= 0.3 is 0 Å². The molecule has 0 aliphatic rings. The van der Waals surface area contributed by atoms with Crippen LogP contribution in [0.25, 0.3) is 0 Å². The summed E-state index contributed by atoms with van der Waals surface area (Å²) in [5.74, 6) is 0.422. The molecule has 0 saturated heterocycles. The summed E-state index contributed by atoms with van der Waals surface area (Å²) < 4.78 is 0. The molecule has 1 atom stereocenters. The van der Waals surface area contributed by atoms with Crippen LogP contribution in [0.1, 0.15) is 12.6 Å². The highest BCUT2D eigenvalue weighted by molar-refractivity contribution is 5.56. The van der Waals surface area contributed by atoms with E-state index < -0.39 is 6.10 Å². The summed E-state index contributed by atoms with van der Waals surface area (Å²) in [6, 6.07) is 1.70. The largest absolute Gasteiger partial charge is 0.393 e. The number of aromatic nitrogens is 2. The highest BCUT2D eigenvalue weighted by atomic mass is 16.3. The first-order chi connectivity index (χ1) is 7.67. The average Bonchev–Trinajstić information content (AvgIpc) is 2.27. The summed E-state index contributed by atoms with van der Waals surface area (Å²) in [6.45, 7) is 1.68. The van der Waals surface area contributed by atoms with Gasteiger partial charge in [0.1, 0.15) is 0 Å². The maximum atomic E-state index is 10.1. The van der Waals surface area contributed by atoms with Crippen LogP contribution in [-0.2, 0) is 11.2 Å². The van der Waals surface area contributed by atoms with Crippen LogP contribution < -0.4 is 16.2 Å². The number of hydrazine groups is 1. The molecule has 0 aliphatic heterocycles. The van der Waals surface area contributed by atoms with Gasteiger partial charge in [-0.1, -0.05) is 0 Å². The first-order valence-electron chi connectivity index (χ1n) is 4.85. The van der Waals surface area contributed by atoms with E-state index in [1.54, 1.807) is 20.0 Å². The van der Waals surface area contributed by atoms with E-state index in [9.17, 15) is 9.90 Å². The van der Waals surface area contributed by atoms with Gasteiger partial charge in [0, 0.05) is 19.5 Å². The number of hydrogen-bond acceptors (Lipinski definition) is 6. The van der Waals surface area contributed by atoms with Crippen LogP contribution in [0.3, 0.4) is 0 Å². The molecule has 1 aromatic rings. The number of rotatable bonds is 6. The Bertz CT molecular complexity index is 356. The number of amides is 1. The third kappa shape index (κ3) is 3.35. The lowest BCUT2D eigenvalue weighted by Gasteiger charge is -2.10. The fourth-order valence-electron chi connectivity index (χ4n) is 1.23. The molecule has 1 rings (SSSR count). The number of carbonyl (C=O) groups excluding carboxylic acids is 1. The molecule has 0 aromatic carbocycles. The molecule has 16 heavy (non-hydrogen) atoms. The third-order valence-corrected chi connectivity index (χ3v) is 1.89. The molecule has 0 aliphatic carbocycles. The van der Waals surface area contributed by atoms with E-state index in [0.717, 1.165) is 5.69 Å². The Labute approximate surface area is 93.2 Å². The summed E-state index contributed by atoms with van der Waals surface area (Å²) in [5, 5.41) is 20.0. The Balaban J connectivity index is 2.83. The Morgan fingerprint density at radius 3 is 2.88 bits per heavy atom. The number of carbonyl (C=O) groups is 1. The Morgan fingerprint density at radius 2 is 2.31 bits per heavy atom. The van der Waals surface area contributed by atoms with Crippen molar-refractivity contribution in [1.29, 1.82) is 0 Å². The van der Waals surface area contributed by atoms with Gasteiger partial charge in [0.15, 0.2) is 5.82 Å². The van der Waals surface area contributed by atoms with Gasteiger partial charge < -0.3 is 10.4 Å². The van der Waals surface area contributed by atoms with Crippen LogP contribution in [0.15, 0.2) is 6.07 Å². The summed E-state index contributed by atoms with van der Waals surface area (Å²) in [6.07, 6.45) is 0.447. The molecule has 4 N–H and O–H groups in total. The summed E-state index contributed by atoms with van der Waals surface area (Å²) in [7, 11) is 1.75. The van der Waals surface area contributed by atoms with Gasteiger partial charge in [-0.05, 0) is 6.92 Å². The minimum atomic E-state index is -0.478. The van der Waals surface area contributed by atoms with Crippen molar-refractivity contribution in [1.82, 2.24) is 15.6 Å². The third-order valence-electron chi connectivity index (χ3n) is 1.89. The molecule has 0 spiro atoms. The van der Waals surface area contributed by atoms with Gasteiger partial charge in [0.25, 0.3) is 0 Å². The number of aliphatic hydroxyl groups excluding tert-OH is 1. The Morgan fingerprint density at radius 1 is 1.56 bits per heavy atom. The Kier molecular flexibility index (Phi) is 4.46. The predicted octanol–water partition coefficient (Wildman–Crippen LogP) is -0.485. The van der Waals surface area contributed by atoms with Crippen molar-refractivity contribution in [3.63, 3.8) is 0 Å². The minimum Gasteiger partial charge on any atom is -0.393 e. The van der Waals surface area contributed by atoms with Crippen molar-refractivity contribution < 1.29 is 9.90 Å². The van der Waals surface area contributed by atoms with E-state index in [0.29, 0.717) is 24.3 Å². The molecule has 1 heterocycles. The second-order valence-electron chi connectivity index (χ2n) is 3.28. The quantitative estimate of drug-likeness (QED) is 0.385. The van der Waals surface area contributed by atoms with E-state index in [2.05, 4.69) is 26.4 Å². The lowest BCUT2D eigenvalue weighted by atomic mass is 10.2. The minimum absolute atomic E-state index is 0.421. The zero-order valence-corrected chi connectivity index (χ0v) is 9.19. The molecule has 1 unspecified atom stereocenters. The van der Waals surface area contributed by atoms with Crippen molar-refractivity contribution >= 4 is 17.9 Å². The van der Waals surface area contributed by atoms with Crippen molar-refractivity contribution in [2.24, 2.45) is 0 Å². The van der Waals surface area contributed by atoms with E-state index in [1.807, 2.05) is 0 Å². The van der Waals surface area contributed by atoms with E-state index in [4.69, 9.17) is 0 Å². The fraction of sp³-hybridized carbons (Fsp3) is 0.444. The highest BCUT2D eigenvalue weighted by Gasteiger charge is 2.08. The molecular formula is C9H15N5O2. The molecule has 1 aromatic heterocycles. The predicted molar refractivity (Wildman–Crippen MR) is 59.8 cm³/mol. The normalized spacial score (nSPS) is 11.7. The SMILES string of the molecule is CNc1cc(NNC=O)nnc1CC(C)O. The van der Waals surface area contributed by atoms with Gasteiger partial charge in [-0.15, -0.1) is 5.10 Å². The maximum absolute atomic E-state index is 10.1. The lowest BCUT2D eigenvalue weighted by Crippen LogP contribution is -2.21. The van der Waals surface area contributed by atoms with Crippen molar-refractivity contribution in [2.45, 2.75) is 19.4 Å². The first kappa shape index (κ1) is 12.2. The second-order valence-corrected chi connectivity index (χ2v) is 3.28. The molecule has 0 fully saturated rings. The summed E-state index contributed by atoms with van der Waals surface area (Å²) in [5.41, 5.74) is 6.25. The molecule has 0 radical (unpaired) electrons. The molecule has 0 bridgehead atoms. The number of aliphatic hydroxyl groups is 1. The Hall–Kier alpha value is -1.89. The average molecular weight is 225 g/mol. The molecule has 7 nitrogen and oxygen atoms in total. The molecular weight excluding hydrogens is 210 g/mol. The van der Waals surface area contributed by atoms with Gasteiger partial charge in [-0.3, -0.25) is 15.6 Å². The van der Waals surface area contributed by atoms with Crippen LogP contribution in [0.2, 0.25) is 0 Å². The van der Waals surface area contributed by atoms with Gasteiger partial charge in [0.2, 0.25) is 6.41 Å². The van der Waals surface area contributed by atoms with Crippen LogP contribution >= 0.6 is 0 Å². The summed E-state index contributed by atoms with van der Waals surface area (Å²) >= 11 is 0. The van der Waals surface area contributed by atoms with E-state index in [-0.39, 0.29) is 0 Å². The summed E-state index contributed by atoms with van der Waals surface area (Å²) in [4.78, 5) is 10.1. The van der Waals surface area contributed by atoms with Crippen LogP contribution in [0, 0.1) is 0 Å². The van der Waals surface area contributed by atoms with E-state index in [1.165, 1.54) is 0 Å². The van der Waals surface area contributed by atoms with Crippen LogP contribution in [-0.4, -0.2) is 34.9 Å². The number of nitrogens with zero attached hydrogens (tertiary/aromatic N) is 2. The standard InChI is InChI=1S/C9H15N5O2/c1-6(16)3-8-7(10-2)4-9(14-12-8)13-11-5-15/h4-6,16H,3H2,1-2H3,(H,11,15)(H2,10,13,14). The van der Waals surface area contributed by atoms with Crippen LogP contribution in [0.4, 0.5) is 11.5 Å². The molecule has 0 saturated carbocycles. The number of nitrogens with one attached hydrogen (secondary N) is 3. The van der Waals surface area contributed by atoms with Crippen molar-refractivity contribution in [2.75, 3.05) is 17.8 Å².